The predicted molar refractivity (Wildman–Crippen MR) is 266 cm³/mol. The molecule has 0 bridgehead atoms. The van der Waals surface area contributed by atoms with Crippen LogP contribution in [0.15, 0.2) is 122 Å². The second kappa shape index (κ2) is 18.2. The van der Waals surface area contributed by atoms with Gasteiger partial charge in [-0.3, -0.25) is 4.68 Å². The molecule has 8 heterocycles. The molecule has 2 unspecified atom stereocenters. The van der Waals surface area contributed by atoms with E-state index in [1.165, 1.54) is 22.6 Å². The summed E-state index contributed by atoms with van der Waals surface area (Å²) in [5.74, 6) is 0.565. The minimum absolute atomic E-state index is 0.0209. The van der Waals surface area contributed by atoms with Crippen molar-refractivity contribution < 1.29 is 18.3 Å². The maximum absolute atomic E-state index is 14.9. The molecule has 5 aliphatic heterocycles. The van der Waals surface area contributed by atoms with E-state index in [0.29, 0.717) is 24.9 Å². The number of aryl methyl sites for hydroxylation is 1. The second-order valence-corrected chi connectivity index (χ2v) is 20.2. The number of hydrogen-bond acceptors (Lipinski definition) is 8. The Balaban J connectivity index is 0.000000154. The summed E-state index contributed by atoms with van der Waals surface area (Å²) < 4.78 is 41.4. The molecule has 7 aromatic rings. The van der Waals surface area contributed by atoms with E-state index in [0.717, 1.165) is 104 Å². The van der Waals surface area contributed by atoms with Gasteiger partial charge in [-0.2, -0.15) is 5.10 Å². The zero-order valence-corrected chi connectivity index (χ0v) is 39.9. The summed E-state index contributed by atoms with van der Waals surface area (Å²) in [6, 6.07) is 28.4. The van der Waals surface area contributed by atoms with Crippen molar-refractivity contribution in [2.45, 2.75) is 64.1 Å². The summed E-state index contributed by atoms with van der Waals surface area (Å²) in [4.78, 5) is 30.1. The molecule has 69 heavy (non-hydrogen) atoms. The number of rotatable bonds is 6. The highest BCUT2D eigenvalue weighted by Crippen LogP contribution is 2.48. The molecular weight excluding hydrogens is 871 g/mol. The van der Waals surface area contributed by atoms with Gasteiger partial charge in [0.1, 0.15) is 17.2 Å². The Kier molecular flexibility index (Phi) is 11.7. The Labute approximate surface area is 402 Å². The van der Waals surface area contributed by atoms with Crippen molar-refractivity contribution in [2.24, 2.45) is 18.9 Å². The minimum atomic E-state index is -0.473. The Morgan fingerprint density at radius 1 is 0.580 bits per heavy atom. The highest BCUT2D eigenvalue weighted by atomic mass is 19.1. The maximum atomic E-state index is 14.9. The van der Waals surface area contributed by atoms with Crippen LogP contribution < -0.4 is 14.7 Å². The molecule has 5 aliphatic rings. The molecule has 12 rings (SSSR count). The molecule has 3 aromatic heterocycles. The third kappa shape index (κ3) is 8.63. The van der Waals surface area contributed by atoms with Crippen LogP contribution in [0.1, 0.15) is 69.7 Å². The molecule has 0 radical (unpaired) electrons. The van der Waals surface area contributed by atoms with Crippen molar-refractivity contribution in [1.82, 2.24) is 33.8 Å². The lowest BCUT2D eigenvalue weighted by Gasteiger charge is -2.38. The molecule has 12 nitrogen and oxygen atoms in total. The first kappa shape index (κ1) is 44.5. The van der Waals surface area contributed by atoms with Gasteiger partial charge in [-0.15, -0.1) is 0 Å². The van der Waals surface area contributed by atoms with Crippen LogP contribution in [0.2, 0.25) is 0 Å². The van der Waals surface area contributed by atoms with Crippen LogP contribution in [-0.4, -0.2) is 97.8 Å². The van der Waals surface area contributed by atoms with E-state index in [4.69, 9.17) is 4.74 Å². The van der Waals surface area contributed by atoms with Crippen molar-refractivity contribution in [3.63, 3.8) is 0 Å². The van der Waals surface area contributed by atoms with Gasteiger partial charge < -0.3 is 33.5 Å². The number of ether oxygens (including phenoxy) is 1. The molecule has 356 valence electrons. The summed E-state index contributed by atoms with van der Waals surface area (Å²) in [6.45, 7) is 12.4. The van der Waals surface area contributed by atoms with Crippen LogP contribution in [0.5, 0.6) is 0 Å². The third-order valence-electron chi connectivity index (χ3n) is 14.9. The van der Waals surface area contributed by atoms with Crippen molar-refractivity contribution in [3.05, 3.63) is 145 Å². The summed E-state index contributed by atoms with van der Waals surface area (Å²) in [5.41, 5.74) is 11.2. The SMILES string of the molecule is CC(C)(C)OC(=O)N1CCN(c2ccc(N3CCC(C4c5c(F)cccc5-c5cncn54)CC3)cc2)CC1.Cn1cc(-c2ccc(N3CCC(C4c5c(F)cccc5-c5cncn54)CC3)cc2)cn1. The van der Waals surface area contributed by atoms with Gasteiger partial charge in [0, 0.05) is 110 Å². The molecule has 0 saturated carbocycles. The first-order valence-electron chi connectivity index (χ1n) is 24.5. The van der Waals surface area contributed by atoms with Gasteiger partial charge in [0.2, 0.25) is 0 Å². The van der Waals surface area contributed by atoms with Crippen LogP contribution in [0.25, 0.3) is 33.6 Å². The first-order chi connectivity index (χ1) is 33.5. The number of benzene rings is 4. The molecule has 4 aromatic carbocycles. The second-order valence-electron chi connectivity index (χ2n) is 20.2. The number of nitrogens with zero attached hydrogens (tertiary/aromatic N) is 10. The first-order valence-corrected chi connectivity index (χ1v) is 24.5. The molecule has 0 N–H and O–H groups in total. The van der Waals surface area contributed by atoms with E-state index in [9.17, 15) is 13.6 Å². The van der Waals surface area contributed by atoms with Crippen LogP contribution >= 0.6 is 0 Å². The average Bonchev–Trinajstić information content (AvgIpc) is 4.22. The number of piperidine rings is 2. The van der Waals surface area contributed by atoms with E-state index in [2.05, 4.69) is 87.4 Å². The fourth-order valence-electron chi connectivity index (χ4n) is 11.5. The molecule has 0 spiro atoms. The Bertz CT molecular complexity index is 2930. The molecule has 3 fully saturated rings. The lowest BCUT2D eigenvalue weighted by Crippen LogP contribution is -2.50. The molecule has 3 saturated heterocycles. The quantitative estimate of drug-likeness (QED) is 0.163. The van der Waals surface area contributed by atoms with Gasteiger partial charge in [-0.25, -0.2) is 23.5 Å². The van der Waals surface area contributed by atoms with Crippen LogP contribution in [0, 0.1) is 23.5 Å². The van der Waals surface area contributed by atoms with Crippen LogP contribution in [0.3, 0.4) is 0 Å². The lowest BCUT2D eigenvalue weighted by molar-refractivity contribution is 0.0240. The number of carbonyl (C=O) groups excluding carboxylic acids is 1. The van der Waals surface area contributed by atoms with Gasteiger partial charge in [0.25, 0.3) is 0 Å². The van der Waals surface area contributed by atoms with E-state index in [-0.39, 0.29) is 29.8 Å². The fourth-order valence-corrected chi connectivity index (χ4v) is 11.5. The monoisotopic (exact) mass is 930 g/mol. The zero-order chi connectivity index (χ0) is 47.4. The number of hydrogen-bond donors (Lipinski definition) is 0. The van der Waals surface area contributed by atoms with Crippen molar-refractivity contribution in [1.29, 1.82) is 0 Å². The molecule has 1 amide bonds. The van der Waals surface area contributed by atoms with E-state index < -0.39 is 5.60 Å². The van der Waals surface area contributed by atoms with Gasteiger partial charge in [-0.05, 0) is 112 Å². The van der Waals surface area contributed by atoms with Gasteiger partial charge in [-0.1, -0.05) is 36.4 Å². The average molecular weight is 931 g/mol. The molecule has 2 atom stereocenters. The lowest BCUT2D eigenvalue weighted by atomic mass is 9.85. The van der Waals surface area contributed by atoms with Crippen molar-refractivity contribution in [3.8, 4) is 33.6 Å². The molecular formula is C55H60F2N10O2. The summed E-state index contributed by atoms with van der Waals surface area (Å²) in [6.07, 6.45) is 15.2. The maximum Gasteiger partial charge on any atom is 0.410 e. The van der Waals surface area contributed by atoms with Gasteiger partial charge in [0.05, 0.1) is 54.7 Å². The highest BCUT2D eigenvalue weighted by molar-refractivity contribution is 5.71. The number of aromatic nitrogens is 6. The third-order valence-corrected chi connectivity index (χ3v) is 14.9. The summed E-state index contributed by atoms with van der Waals surface area (Å²) in [7, 11) is 1.93. The van der Waals surface area contributed by atoms with Crippen LogP contribution in [0.4, 0.5) is 30.6 Å². The van der Waals surface area contributed by atoms with E-state index in [1.807, 2.05) is 82.1 Å². The Hall–Kier alpha value is -6.96. The smallest absolute Gasteiger partial charge is 0.410 e. The number of carbonyl (C=O) groups is 1. The summed E-state index contributed by atoms with van der Waals surface area (Å²) >= 11 is 0. The normalized spacial score (nSPS) is 19.2. The number of halogens is 2. The Morgan fingerprint density at radius 2 is 1.03 bits per heavy atom. The number of fused-ring (bicyclic) bond motifs is 6. The minimum Gasteiger partial charge on any atom is -0.444 e. The highest BCUT2D eigenvalue weighted by Gasteiger charge is 2.40. The summed E-state index contributed by atoms with van der Waals surface area (Å²) in [5, 5.41) is 4.26. The number of anilines is 3. The van der Waals surface area contributed by atoms with Gasteiger partial charge in [0.15, 0.2) is 0 Å². The zero-order valence-electron chi connectivity index (χ0n) is 39.9. The largest absolute Gasteiger partial charge is 0.444 e. The van der Waals surface area contributed by atoms with Crippen molar-refractivity contribution in [2.75, 3.05) is 67.1 Å². The number of imidazole rings is 2. The van der Waals surface area contributed by atoms with E-state index in [1.54, 1.807) is 29.2 Å². The van der Waals surface area contributed by atoms with Crippen LogP contribution in [-0.2, 0) is 11.8 Å². The van der Waals surface area contributed by atoms with Crippen molar-refractivity contribution >= 4 is 23.2 Å². The molecule has 14 heteroatoms. The Morgan fingerprint density at radius 3 is 1.46 bits per heavy atom. The predicted octanol–water partition coefficient (Wildman–Crippen LogP) is 10.5. The number of piperazine rings is 1. The standard InChI is InChI=1S/C30H36FN5O2.C25H24FN5/c1-30(2,3)38-29(37)35-17-15-34(16-18-35)23-9-7-22(8-10-23)33-13-11-21(12-14-33)28-27-24(5-4-6-25(27)31)26-19-32-20-36(26)28;1-29-15-19(13-28-29)17-5-7-20(8-6-17)30-11-9-18(10-12-30)25-24-21(3-2-4-22(24)26)23-14-27-16-31(23)25/h4-10,19-21,28H,11-18H2,1-3H3;2-8,13-16,18,25H,9-12H2,1H3. The molecule has 0 aliphatic carbocycles. The van der Waals surface area contributed by atoms with E-state index >= 15 is 0 Å². The number of amides is 1. The topological polar surface area (TPSA) is 92.7 Å². The van der Waals surface area contributed by atoms with Gasteiger partial charge >= 0.3 is 6.09 Å². The fraction of sp³-hybridized carbons (Fsp3) is 0.382.